The fraction of sp³-hybridized carbons (Fsp3) is 0.714. The van der Waals surface area contributed by atoms with Crippen molar-refractivity contribution in [1.82, 2.24) is 14.9 Å². The quantitative estimate of drug-likeness (QED) is 0.797. The van der Waals surface area contributed by atoms with Gasteiger partial charge in [0, 0.05) is 26.2 Å². The maximum atomic E-state index is 6.07. The number of piperidine rings is 1. The first-order valence-electron chi connectivity index (χ1n) is 7.14. The summed E-state index contributed by atoms with van der Waals surface area (Å²) < 4.78 is 11.2. The fourth-order valence-electron chi connectivity index (χ4n) is 3.03. The van der Waals surface area contributed by atoms with Crippen molar-refractivity contribution in [1.29, 1.82) is 0 Å². The molecule has 0 atom stereocenters. The summed E-state index contributed by atoms with van der Waals surface area (Å²) in [5, 5.41) is 0. The molecule has 110 valence electrons. The number of aromatic nitrogens is 2. The van der Waals surface area contributed by atoms with E-state index in [9.17, 15) is 0 Å². The van der Waals surface area contributed by atoms with Crippen LogP contribution in [0.15, 0.2) is 12.4 Å². The highest BCUT2D eigenvalue weighted by Crippen LogP contribution is 2.30. The van der Waals surface area contributed by atoms with Crippen LogP contribution >= 0.6 is 0 Å². The molecule has 20 heavy (non-hydrogen) atoms. The molecule has 6 heteroatoms. The second-order valence-corrected chi connectivity index (χ2v) is 5.68. The highest BCUT2D eigenvalue weighted by molar-refractivity contribution is 5.32. The summed E-state index contributed by atoms with van der Waals surface area (Å²) in [7, 11) is 3.79. The summed E-state index contributed by atoms with van der Waals surface area (Å²) in [5.41, 5.74) is 0.0377. The molecule has 0 aromatic carbocycles. The number of nitrogens with zero attached hydrogens (tertiary/aromatic N) is 4. The van der Waals surface area contributed by atoms with E-state index in [-0.39, 0.29) is 5.60 Å². The number of likely N-dealkylation sites (N-methyl/N-ethyl adjacent to an activating group) is 1. The van der Waals surface area contributed by atoms with Gasteiger partial charge in [0.05, 0.1) is 31.7 Å². The van der Waals surface area contributed by atoms with E-state index in [1.807, 2.05) is 0 Å². The molecule has 1 aromatic rings. The Morgan fingerprint density at radius 1 is 1.20 bits per heavy atom. The Bertz CT molecular complexity index is 443. The van der Waals surface area contributed by atoms with Crippen LogP contribution in [0.5, 0.6) is 5.75 Å². The molecule has 1 aromatic heterocycles. The van der Waals surface area contributed by atoms with Crippen LogP contribution in [0.2, 0.25) is 0 Å². The van der Waals surface area contributed by atoms with Crippen LogP contribution in [0.25, 0.3) is 0 Å². The number of morpholine rings is 1. The van der Waals surface area contributed by atoms with Crippen LogP contribution in [-0.4, -0.2) is 67.4 Å². The molecule has 2 aliphatic heterocycles. The van der Waals surface area contributed by atoms with Crippen molar-refractivity contribution >= 4 is 5.95 Å². The van der Waals surface area contributed by atoms with E-state index in [1.165, 1.54) is 0 Å². The second-order valence-electron chi connectivity index (χ2n) is 5.68. The molecule has 0 amide bonds. The molecule has 2 fully saturated rings. The monoisotopic (exact) mass is 278 g/mol. The first-order valence-corrected chi connectivity index (χ1v) is 7.14. The van der Waals surface area contributed by atoms with Gasteiger partial charge in [-0.3, -0.25) is 0 Å². The first-order chi connectivity index (χ1) is 9.71. The van der Waals surface area contributed by atoms with Crippen molar-refractivity contribution < 1.29 is 9.47 Å². The number of anilines is 1. The number of ether oxygens (including phenoxy) is 2. The Morgan fingerprint density at radius 3 is 2.50 bits per heavy atom. The average molecular weight is 278 g/mol. The molecule has 0 radical (unpaired) electrons. The SMILES string of the molecule is COc1cnc(N2CCC3(CC2)CN(C)CCO3)nc1. The summed E-state index contributed by atoms with van der Waals surface area (Å²) in [4.78, 5) is 13.3. The molecule has 0 N–H and O–H groups in total. The number of methoxy groups -OCH3 is 1. The summed E-state index contributed by atoms with van der Waals surface area (Å²) in [6, 6.07) is 0. The smallest absolute Gasteiger partial charge is 0.225 e. The topological polar surface area (TPSA) is 50.7 Å². The van der Waals surface area contributed by atoms with Crippen LogP contribution in [0, 0.1) is 0 Å². The van der Waals surface area contributed by atoms with Gasteiger partial charge < -0.3 is 19.3 Å². The Morgan fingerprint density at radius 2 is 1.90 bits per heavy atom. The van der Waals surface area contributed by atoms with Gasteiger partial charge in [0.2, 0.25) is 5.95 Å². The third-order valence-electron chi connectivity index (χ3n) is 4.25. The molecule has 0 bridgehead atoms. The van der Waals surface area contributed by atoms with Gasteiger partial charge in [-0.25, -0.2) is 9.97 Å². The van der Waals surface area contributed by atoms with E-state index in [1.54, 1.807) is 19.5 Å². The van der Waals surface area contributed by atoms with Crippen molar-refractivity contribution in [3.8, 4) is 5.75 Å². The van der Waals surface area contributed by atoms with E-state index in [0.717, 1.165) is 51.6 Å². The van der Waals surface area contributed by atoms with E-state index in [0.29, 0.717) is 5.75 Å². The van der Waals surface area contributed by atoms with E-state index < -0.39 is 0 Å². The molecule has 0 saturated carbocycles. The predicted molar refractivity (Wildman–Crippen MR) is 76.2 cm³/mol. The van der Waals surface area contributed by atoms with Gasteiger partial charge in [-0.1, -0.05) is 0 Å². The summed E-state index contributed by atoms with van der Waals surface area (Å²) >= 11 is 0. The van der Waals surface area contributed by atoms with Gasteiger partial charge in [0.1, 0.15) is 0 Å². The lowest BCUT2D eigenvalue weighted by Gasteiger charge is -2.46. The Kier molecular flexibility index (Phi) is 3.76. The molecule has 1 spiro atoms. The van der Waals surface area contributed by atoms with E-state index in [2.05, 4.69) is 26.8 Å². The zero-order valence-corrected chi connectivity index (χ0v) is 12.2. The van der Waals surface area contributed by atoms with Crippen molar-refractivity contribution in [2.24, 2.45) is 0 Å². The molecular formula is C14H22N4O2. The minimum atomic E-state index is 0.0377. The Hall–Kier alpha value is -1.40. The predicted octanol–water partition coefficient (Wildman–Crippen LogP) is 0.786. The maximum absolute atomic E-state index is 6.07. The van der Waals surface area contributed by atoms with Crippen LogP contribution in [-0.2, 0) is 4.74 Å². The summed E-state index contributed by atoms with van der Waals surface area (Å²) in [6.45, 7) is 4.80. The lowest BCUT2D eigenvalue weighted by Crippen LogP contribution is -2.56. The first kappa shape index (κ1) is 13.6. The van der Waals surface area contributed by atoms with Gasteiger partial charge in [0.25, 0.3) is 0 Å². The zero-order chi connectivity index (χ0) is 14.0. The molecule has 2 saturated heterocycles. The highest BCUT2D eigenvalue weighted by atomic mass is 16.5. The minimum absolute atomic E-state index is 0.0377. The standard InChI is InChI=1S/C14H22N4O2/c1-17-7-8-20-14(11-17)3-5-18(6-4-14)13-15-9-12(19-2)10-16-13/h9-10H,3-8,11H2,1-2H3. The molecule has 2 aliphatic rings. The molecule has 0 aliphatic carbocycles. The Balaban J connectivity index is 1.62. The largest absolute Gasteiger partial charge is 0.494 e. The molecular weight excluding hydrogens is 256 g/mol. The normalized spacial score (nSPS) is 23.0. The van der Waals surface area contributed by atoms with Crippen molar-refractivity contribution in [3.63, 3.8) is 0 Å². The molecule has 6 nitrogen and oxygen atoms in total. The van der Waals surface area contributed by atoms with Crippen LogP contribution in [0.3, 0.4) is 0 Å². The van der Waals surface area contributed by atoms with Crippen LogP contribution in [0.4, 0.5) is 5.95 Å². The van der Waals surface area contributed by atoms with Gasteiger partial charge in [0.15, 0.2) is 5.75 Å². The van der Waals surface area contributed by atoms with Gasteiger partial charge in [-0.05, 0) is 19.9 Å². The molecule has 0 unspecified atom stereocenters. The van der Waals surface area contributed by atoms with Gasteiger partial charge in [-0.2, -0.15) is 0 Å². The van der Waals surface area contributed by atoms with Gasteiger partial charge >= 0.3 is 0 Å². The molecule has 3 heterocycles. The number of hydrogen-bond donors (Lipinski definition) is 0. The Labute approximate surface area is 119 Å². The van der Waals surface area contributed by atoms with E-state index in [4.69, 9.17) is 9.47 Å². The third kappa shape index (κ3) is 2.71. The minimum Gasteiger partial charge on any atom is -0.494 e. The fourth-order valence-corrected chi connectivity index (χ4v) is 3.03. The lowest BCUT2D eigenvalue weighted by molar-refractivity contribution is -0.115. The molecule has 3 rings (SSSR count). The zero-order valence-electron chi connectivity index (χ0n) is 12.2. The highest BCUT2D eigenvalue weighted by Gasteiger charge is 2.39. The summed E-state index contributed by atoms with van der Waals surface area (Å²) in [5.74, 6) is 1.48. The van der Waals surface area contributed by atoms with Gasteiger partial charge in [-0.15, -0.1) is 0 Å². The number of hydrogen-bond acceptors (Lipinski definition) is 6. The van der Waals surface area contributed by atoms with Crippen molar-refractivity contribution in [3.05, 3.63) is 12.4 Å². The second kappa shape index (κ2) is 5.54. The van der Waals surface area contributed by atoms with Crippen LogP contribution < -0.4 is 9.64 Å². The average Bonchev–Trinajstić information content (AvgIpc) is 2.48. The van der Waals surface area contributed by atoms with Crippen molar-refractivity contribution in [2.75, 3.05) is 51.8 Å². The third-order valence-corrected chi connectivity index (χ3v) is 4.25. The summed E-state index contributed by atoms with van der Waals surface area (Å²) in [6.07, 6.45) is 5.51. The maximum Gasteiger partial charge on any atom is 0.225 e. The number of rotatable bonds is 2. The van der Waals surface area contributed by atoms with E-state index >= 15 is 0 Å². The van der Waals surface area contributed by atoms with Crippen molar-refractivity contribution in [2.45, 2.75) is 18.4 Å². The lowest BCUT2D eigenvalue weighted by atomic mass is 9.89. The van der Waals surface area contributed by atoms with Crippen LogP contribution in [0.1, 0.15) is 12.8 Å².